The van der Waals surface area contributed by atoms with Gasteiger partial charge in [-0.15, -0.1) is 5.10 Å². The molecule has 2 heterocycles. The second-order valence-electron chi connectivity index (χ2n) is 9.21. The van der Waals surface area contributed by atoms with Crippen molar-refractivity contribution in [3.05, 3.63) is 65.0 Å². The highest BCUT2D eigenvalue weighted by molar-refractivity contribution is 7.18. The number of carbonyl (C=O) groups is 1. The quantitative estimate of drug-likeness (QED) is 0.276. The number of carbonyl (C=O) groups excluding carboxylic acids is 1. The molecule has 0 saturated heterocycles. The molecule has 0 atom stereocenters. The van der Waals surface area contributed by atoms with Crippen LogP contribution < -0.4 is 15.8 Å². The number of rotatable bonds is 8. The summed E-state index contributed by atoms with van der Waals surface area (Å²) in [6.07, 6.45) is -0.248. The van der Waals surface area contributed by atoms with Crippen LogP contribution in [0.3, 0.4) is 0 Å². The van der Waals surface area contributed by atoms with Crippen LogP contribution in [0.15, 0.2) is 42.7 Å². The topological polar surface area (TPSA) is 108 Å². The Labute approximate surface area is 221 Å². The maximum absolute atomic E-state index is 13.7. The summed E-state index contributed by atoms with van der Waals surface area (Å²) in [5.41, 5.74) is 7.39. The number of aryl methyl sites for hydroxylation is 2. The number of aromatic nitrogens is 4. The van der Waals surface area contributed by atoms with E-state index in [-0.39, 0.29) is 22.9 Å². The minimum atomic E-state index is -4.58. The summed E-state index contributed by atoms with van der Waals surface area (Å²) in [5.74, 6) is -0.0951. The SMILES string of the molecule is COc1c(CCC(C)C)cc(C(F)(F)F)cc1NC(=O)c1ccc(C)c(-n2cc(-c3cnc(N)s3)nn2)c1. The summed E-state index contributed by atoms with van der Waals surface area (Å²) in [5, 5.41) is 11.3. The molecular formula is C26H27F3N6O2S. The second-order valence-corrected chi connectivity index (χ2v) is 10.3. The number of benzene rings is 2. The molecule has 12 heteroatoms. The average molecular weight is 545 g/mol. The third kappa shape index (κ3) is 5.96. The standard InChI is InChI=1S/C26H27F3N6O2S/c1-14(2)5-7-16-9-18(26(27,28)29)11-19(23(16)37-4)32-24(36)17-8-6-15(3)21(10-17)35-13-20(33-34-35)22-12-31-25(30)38-22/h6,8-14H,5,7H2,1-4H3,(H2,30,31)(H,32,36). The fourth-order valence-electron chi connectivity index (χ4n) is 3.91. The molecule has 0 saturated carbocycles. The van der Waals surface area contributed by atoms with Crippen LogP contribution in [0.4, 0.5) is 24.0 Å². The monoisotopic (exact) mass is 544 g/mol. The molecule has 0 aliphatic carbocycles. The van der Waals surface area contributed by atoms with Crippen molar-refractivity contribution in [3.8, 4) is 22.0 Å². The zero-order chi connectivity index (χ0) is 27.6. The van der Waals surface area contributed by atoms with Crippen LogP contribution in [0, 0.1) is 12.8 Å². The van der Waals surface area contributed by atoms with E-state index < -0.39 is 17.6 Å². The van der Waals surface area contributed by atoms with Gasteiger partial charge in [0.25, 0.3) is 5.91 Å². The number of methoxy groups -OCH3 is 1. The highest BCUT2D eigenvalue weighted by Gasteiger charge is 2.33. The van der Waals surface area contributed by atoms with Crippen molar-refractivity contribution in [2.75, 3.05) is 18.2 Å². The summed E-state index contributed by atoms with van der Waals surface area (Å²) in [7, 11) is 1.38. The smallest absolute Gasteiger partial charge is 0.416 e. The number of hydrogen-bond acceptors (Lipinski definition) is 7. The van der Waals surface area contributed by atoms with Crippen LogP contribution in [0.1, 0.15) is 47.3 Å². The van der Waals surface area contributed by atoms with Gasteiger partial charge in [0.15, 0.2) is 5.13 Å². The van der Waals surface area contributed by atoms with E-state index in [1.54, 1.807) is 30.6 Å². The molecule has 0 aliphatic heterocycles. The van der Waals surface area contributed by atoms with Crippen LogP contribution in [-0.2, 0) is 12.6 Å². The average Bonchev–Trinajstić information content (AvgIpc) is 3.51. The van der Waals surface area contributed by atoms with Crippen LogP contribution in [0.25, 0.3) is 16.3 Å². The first-order chi connectivity index (χ1) is 18.0. The van der Waals surface area contributed by atoms with E-state index in [0.717, 1.165) is 22.6 Å². The molecule has 3 N–H and O–H groups in total. The van der Waals surface area contributed by atoms with Crippen molar-refractivity contribution in [1.29, 1.82) is 0 Å². The lowest BCUT2D eigenvalue weighted by molar-refractivity contribution is -0.137. The molecule has 4 rings (SSSR count). The third-order valence-corrected chi connectivity index (χ3v) is 6.77. The zero-order valence-electron chi connectivity index (χ0n) is 21.3. The van der Waals surface area contributed by atoms with Gasteiger partial charge in [-0.3, -0.25) is 4.79 Å². The van der Waals surface area contributed by atoms with E-state index >= 15 is 0 Å². The number of alkyl halides is 3. The zero-order valence-corrected chi connectivity index (χ0v) is 22.1. The minimum Gasteiger partial charge on any atom is -0.494 e. The van der Waals surface area contributed by atoms with E-state index in [2.05, 4.69) is 20.6 Å². The second kappa shape index (κ2) is 10.8. The highest BCUT2D eigenvalue weighted by atomic mass is 32.1. The predicted octanol–water partition coefficient (Wildman–Crippen LogP) is 6.15. The molecule has 4 aromatic rings. The van der Waals surface area contributed by atoms with E-state index in [9.17, 15) is 18.0 Å². The van der Waals surface area contributed by atoms with E-state index in [1.165, 1.54) is 23.1 Å². The number of nitrogens with two attached hydrogens (primary N) is 1. The van der Waals surface area contributed by atoms with Crippen molar-refractivity contribution in [3.63, 3.8) is 0 Å². The normalized spacial score (nSPS) is 11.7. The number of nitrogens with zero attached hydrogens (tertiary/aromatic N) is 4. The number of halogens is 3. The van der Waals surface area contributed by atoms with Gasteiger partial charge in [0, 0.05) is 11.8 Å². The number of anilines is 2. The first-order valence-corrected chi connectivity index (χ1v) is 12.6. The fourth-order valence-corrected chi connectivity index (χ4v) is 4.54. The summed E-state index contributed by atoms with van der Waals surface area (Å²) in [6, 6.07) is 6.91. The van der Waals surface area contributed by atoms with Gasteiger partial charge in [-0.25, -0.2) is 9.67 Å². The van der Waals surface area contributed by atoms with Gasteiger partial charge in [-0.2, -0.15) is 13.2 Å². The molecule has 0 spiro atoms. The Morgan fingerprint density at radius 3 is 2.63 bits per heavy atom. The van der Waals surface area contributed by atoms with Crippen molar-refractivity contribution >= 4 is 28.1 Å². The van der Waals surface area contributed by atoms with Crippen LogP contribution >= 0.6 is 11.3 Å². The number of nitrogen functional groups attached to an aromatic ring is 1. The molecule has 2 aromatic heterocycles. The van der Waals surface area contributed by atoms with Gasteiger partial charge in [-0.05, 0) is 61.1 Å². The van der Waals surface area contributed by atoms with E-state index in [4.69, 9.17) is 10.5 Å². The first kappa shape index (κ1) is 27.1. The van der Waals surface area contributed by atoms with Gasteiger partial charge < -0.3 is 15.8 Å². The number of hydrogen-bond donors (Lipinski definition) is 2. The Bertz CT molecular complexity index is 1460. The Hall–Kier alpha value is -3.93. The van der Waals surface area contributed by atoms with E-state index in [1.807, 2.05) is 20.8 Å². The molecule has 0 unspecified atom stereocenters. The lowest BCUT2D eigenvalue weighted by Crippen LogP contribution is -2.16. The lowest BCUT2D eigenvalue weighted by Gasteiger charge is -2.19. The van der Waals surface area contributed by atoms with Crippen LogP contribution in [0.5, 0.6) is 5.75 Å². The molecule has 200 valence electrons. The Morgan fingerprint density at radius 1 is 1.24 bits per heavy atom. The van der Waals surface area contributed by atoms with Gasteiger partial charge in [-0.1, -0.05) is 36.5 Å². The molecule has 2 aromatic carbocycles. The van der Waals surface area contributed by atoms with Crippen molar-refractivity contribution in [2.45, 2.75) is 39.8 Å². The summed E-state index contributed by atoms with van der Waals surface area (Å²) < 4.78 is 48.0. The predicted molar refractivity (Wildman–Crippen MR) is 141 cm³/mol. The maximum atomic E-state index is 13.7. The fraction of sp³-hybridized carbons (Fsp3) is 0.308. The Kier molecular flexibility index (Phi) is 7.72. The van der Waals surface area contributed by atoms with Crippen molar-refractivity contribution in [1.82, 2.24) is 20.0 Å². The summed E-state index contributed by atoms with van der Waals surface area (Å²) in [4.78, 5) is 18.0. The molecular weight excluding hydrogens is 517 g/mol. The molecule has 8 nitrogen and oxygen atoms in total. The third-order valence-electron chi connectivity index (χ3n) is 5.92. The first-order valence-electron chi connectivity index (χ1n) is 11.8. The van der Waals surface area contributed by atoms with Gasteiger partial charge in [0.2, 0.25) is 0 Å². The van der Waals surface area contributed by atoms with Gasteiger partial charge >= 0.3 is 6.18 Å². The number of nitrogens with one attached hydrogen (secondary N) is 1. The van der Waals surface area contributed by atoms with Crippen LogP contribution in [-0.4, -0.2) is 33.0 Å². The molecule has 0 fully saturated rings. The number of ether oxygens (including phenoxy) is 1. The number of amides is 1. The van der Waals surface area contributed by atoms with Crippen LogP contribution in [0.2, 0.25) is 0 Å². The lowest BCUT2D eigenvalue weighted by atomic mass is 9.98. The van der Waals surface area contributed by atoms with Gasteiger partial charge in [0.05, 0.1) is 35.1 Å². The largest absolute Gasteiger partial charge is 0.494 e. The Balaban J connectivity index is 1.66. The molecule has 0 bridgehead atoms. The van der Waals surface area contributed by atoms with E-state index in [0.29, 0.717) is 34.9 Å². The Morgan fingerprint density at radius 2 is 2.00 bits per heavy atom. The molecule has 38 heavy (non-hydrogen) atoms. The van der Waals surface area contributed by atoms with Crippen molar-refractivity contribution < 1.29 is 22.7 Å². The maximum Gasteiger partial charge on any atom is 0.416 e. The minimum absolute atomic E-state index is 0.0426. The summed E-state index contributed by atoms with van der Waals surface area (Å²) in [6.45, 7) is 5.82. The molecule has 1 amide bonds. The van der Waals surface area contributed by atoms with Gasteiger partial charge in [0.1, 0.15) is 11.4 Å². The van der Waals surface area contributed by atoms with Crippen molar-refractivity contribution in [2.24, 2.45) is 5.92 Å². The molecule has 0 aliphatic rings. The highest BCUT2D eigenvalue weighted by Crippen LogP contribution is 2.39. The summed E-state index contributed by atoms with van der Waals surface area (Å²) >= 11 is 1.27. The number of thiazole rings is 1. The molecule has 0 radical (unpaired) electrons.